The maximum Gasteiger partial charge on any atom is 0.492 e. The third kappa shape index (κ3) is 4.79. The number of fused-ring (bicyclic) bond motifs is 1. The average Bonchev–Trinajstić information content (AvgIpc) is 3.48. The fourth-order valence-corrected chi connectivity index (χ4v) is 8.68. The first-order valence-corrected chi connectivity index (χ1v) is 15.0. The summed E-state index contributed by atoms with van der Waals surface area (Å²) in [6.45, 7) is 11.9. The molecule has 0 spiro atoms. The molecule has 3 saturated carbocycles. The summed E-state index contributed by atoms with van der Waals surface area (Å²) in [7, 11) is 0.0569. The highest BCUT2D eigenvalue weighted by Crippen LogP contribution is 2.68. The van der Waals surface area contributed by atoms with Crippen LogP contribution in [0.4, 0.5) is 0 Å². The number of methoxy groups -OCH3 is 1. The summed E-state index contributed by atoms with van der Waals surface area (Å²) < 4.78 is 22.2. The minimum atomic E-state index is -1.23. The van der Waals surface area contributed by atoms with E-state index in [-0.39, 0.29) is 42.0 Å². The van der Waals surface area contributed by atoms with Crippen LogP contribution in [0.15, 0.2) is 30.9 Å². The molecule has 1 aliphatic heterocycles. The van der Waals surface area contributed by atoms with E-state index in [9.17, 15) is 24.5 Å². The second-order valence-corrected chi connectivity index (χ2v) is 13.4. The minimum Gasteiger partial charge on any atom is -0.482 e. The van der Waals surface area contributed by atoms with Gasteiger partial charge in [-0.15, -0.1) is 6.58 Å². The monoisotopic (exact) mass is 582 g/mol. The summed E-state index contributed by atoms with van der Waals surface area (Å²) in [5, 5.41) is 22.0. The van der Waals surface area contributed by atoms with Crippen molar-refractivity contribution in [3.05, 3.63) is 36.4 Å². The number of benzene rings is 1. The van der Waals surface area contributed by atoms with Crippen molar-refractivity contribution in [2.45, 2.75) is 84.5 Å². The van der Waals surface area contributed by atoms with Gasteiger partial charge in [0.1, 0.15) is 17.6 Å². The van der Waals surface area contributed by atoms with Gasteiger partial charge in [-0.05, 0) is 66.1 Å². The van der Waals surface area contributed by atoms with Crippen LogP contribution in [0.3, 0.4) is 0 Å². The fraction of sp³-hybridized carbons (Fsp3) is 0.656. The van der Waals surface area contributed by atoms with Gasteiger partial charge in [0.2, 0.25) is 0 Å². The molecule has 1 unspecified atom stereocenters. The molecule has 0 amide bonds. The Kier molecular flexibility index (Phi) is 8.13. The van der Waals surface area contributed by atoms with Crippen molar-refractivity contribution in [3.63, 3.8) is 0 Å². The second-order valence-electron chi connectivity index (χ2n) is 13.4. The Balaban J connectivity index is 1.37. The topological polar surface area (TPSA) is 129 Å². The molecule has 0 aromatic heterocycles. The lowest BCUT2D eigenvalue weighted by Crippen LogP contribution is -2.63. The van der Waals surface area contributed by atoms with Crippen LogP contribution in [0.25, 0.3) is 0 Å². The Bertz CT molecular complexity index is 1270. The number of ketones is 1. The van der Waals surface area contributed by atoms with Gasteiger partial charge >= 0.3 is 19.1 Å². The van der Waals surface area contributed by atoms with Crippen LogP contribution in [0.2, 0.25) is 0 Å². The number of ether oxygens (including phenoxy) is 3. The van der Waals surface area contributed by atoms with E-state index in [1.54, 1.807) is 24.3 Å². The average molecular weight is 582 g/mol. The van der Waals surface area contributed by atoms with Crippen molar-refractivity contribution in [1.29, 1.82) is 0 Å². The molecular formula is C32H43BO9. The molecule has 2 bridgehead atoms. The van der Waals surface area contributed by atoms with Crippen LogP contribution in [-0.2, 0) is 28.5 Å². The van der Waals surface area contributed by atoms with Gasteiger partial charge in [-0.25, -0.2) is 4.79 Å². The van der Waals surface area contributed by atoms with Crippen molar-refractivity contribution >= 4 is 30.3 Å². The molecule has 3 fully saturated rings. The first-order chi connectivity index (χ1) is 19.8. The van der Waals surface area contributed by atoms with Crippen LogP contribution < -0.4 is 10.2 Å². The number of esters is 2. The molecule has 1 aromatic rings. The predicted molar refractivity (Wildman–Crippen MR) is 155 cm³/mol. The van der Waals surface area contributed by atoms with E-state index in [1.807, 2.05) is 6.92 Å². The number of hydrogen-bond donors (Lipinski definition) is 2. The molecule has 10 heteroatoms. The standard InChI is InChI=1S/C32H43BO9/c1-7-30(4)16-25(31(5)18(2)10-12-32(19(3)29(30)37)13-11-23(34)28(31)32)41-27(36)17-40-20-8-9-21-22(14-20)33(38)42-24(21)15-26(35)39-6/h7-9,14,18-19,24-25,28-29,37-38H,1,10-13,15-17H2,2-6H3/t18-,19+,24?,25-,28+,29+,30-,31+,32+/m1/s1. The lowest BCUT2D eigenvalue weighted by Gasteiger charge is -2.61. The normalized spacial score (nSPS) is 39.0. The lowest BCUT2D eigenvalue weighted by atomic mass is 9.44. The van der Waals surface area contributed by atoms with Gasteiger partial charge in [-0.2, -0.15) is 0 Å². The molecule has 1 aromatic carbocycles. The van der Waals surface area contributed by atoms with E-state index in [0.29, 0.717) is 29.6 Å². The van der Waals surface area contributed by atoms with Gasteiger partial charge in [0.15, 0.2) is 6.61 Å². The molecule has 5 rings (SSSR count). The highest BCUT2D eigenvalue weighted by molar-refractivity contribution is 6.61. The third-order valence-electron chi connectivity index (χ3n) is 11.5. The smallest absolute Gasteiger partial charge is 0.482 e. The van der Waals surface area contributed by atoms with Crippen LogP contribution in [0.5, 0.6) is 5.75 Å². The number of rotatable bonds is 7. The summed E-state index contributed by atoms with van der Waals surface area (Å²) >= 11 is 0. The van der Waals surface area contributed by atoms with E-state index >= 15 is 0 Å². The minimum absolute atomic E-state index is 0.0342. The number of aliphatic hydroxyl groups excluding tert-OH is 1. The Morgan fingerprint density at radius 1 is 1.21 bits per heavy atom. The molecule has 1 heterocycles. The molecule has 9 atom stereocenters. The molecule has 228 valence electrons. The van der Waals surface area contributed by atoms with E-state index in [4.69, 9.17) is 18.9 Å². The Labute approximate surface area is 248 Å². The van der Waals surface area contributed by atoms with Gasteiger partial charge in [-0.3, -0.25) is 9.59 Å². The van der Waals surface area contributed by atoms with E-state index < -0.39 is 48.2 Å². The summed E-state index contributed by atoms with van der Waals surface area (Å²) in [5.74, 6) is -0.768. The lowest BCUT2D eigenvalue weighted by molar-refractivity contribution is -0.207. The third-order valence-corrected chi connectivity index (χ3v) is 11.5. The van der Waals surface area contributed by atoms with Crippen molar-refractivity contribution < 1.29 is 43.4 Å². The molecule has 0 radical (unpaired) electrons. The number of aliphatic hydroxyl groups is 1. The van der Waals surface area contributed by atoms with Crippen molar-refractivity contribution in [3.8, 4) is 5.75 Å². The predicted octanol–water partition coefficient (Wildman–Crippen LogP) is 3.29. The summed E-state index contributed by atoms with van der Waals surface area (Å²) in [6, 6.07) is 4.93. The van der Waals surface area contributed by atoms with E-state index in [0.717, 1.165) is 19.3 Å². The highest BCUT2D eigenvalue weighted by atomic mass is 16.6. The zero-order valence-corrected chi connectivity index (χ0v) is 25.3. The summed E-state index contributed by atoms with van der Waals surface area (Å²) in [4.78, 5) is 38.6. The number of carbonyl (C=O) groups is 3. The van der Waals surface area contributed by atoms with Gasteiger partial charge in [0.05, 0.1) is 25.7 Å². The van der Waals surface area contributed by atoms with Gasteiger partial charge in [0, 0.05) is 23.2 Å². The number of hydrogen-bond acceptors (Lipinski definition) is 9. The Hall–Kier alpha value is -2.69. The van der Waals surface area contributed by atoms with Gasteiger partial charge < -0.3 is 29.0 Å². The number of Topliss-reactive ketones (excluding diaryl/α,β-unsaturated/α-hetero) is 1. The van der Waals surface area contributed by atoms with E-state index in [2.05, 4.69) is 27.4 Å². The molecule has 3 aliphatic carbocycles. The Morgan fingerprint density at radius 2 is 1.95 bits per heavy atom. The zero-order chi connectivity index (χ0) is 30.6. The molecule has 9 nitrogen and oxygen atoms in total. The highest BCUT2D eigenvalue weighted by Gasteiger charge is 2.68. The first kappa shape index (κ1) is 30.8. The van der Waals surface area contributed by atoms with Crippen molar-refractivity contribution in [2.24, 2.45) is 34.0 Å². The zero-order valence-electron chi connectivity index (χ0n) is 25.3. The largest absolute Gasteiger partial charge is 0.492 e. The van der Waals surface area contributed by atoms with Crippen LogP contribution >= 0.6 is 0 Å². The maximum atomic E-state index is 13.6. The first-order valence-electron chi connectivity index (χ1n) is 15.0. The van der Waals surface area contributed by atoms with Crippen LogP contribution in [0, 0.1) is 34.0 Å². The Morgan fingerprint density at radius 3 is 2.64 bits per heavy atom. The SMILES string of the molecule is C=C[C@]1(C)C[C@@H](OC(=O)COc2ccc3c(c2)B(O)OC3CC(=O)OC)[C@]2(C)[C@H](C)CC[C@]3(CCC(=O)[C@H]32)[C@@H](C)[C@@H]1O. The molecule has 2 N–H and O–H groups in total. The van der Waals surface area contributed by atoms with Gasteiger partial charge in [-0.1, -0.05) is 39.8 Å². The van der Waals surface area contributed by atoms with Crippen molar-refractivity contribution in [2.75, 3.05) is 13.7 Å². The van der Waals surface area contributed by atoms with Crippen molar-refractivity contribution in [1.82, 2.24) is 0 Å². The van der Waals surface area contributed by atoms with Crippen LogP contribution in [0.1, 0.15) is 77.9 Å². The summed E-state index contributed by atoms with van der Waals surface area (Å²) in [5.41, 5.74) is -0.562. The fourth-order valence-electron chi connectivity index (χ4n) is 8.68. The van der Waals surface area contributed by atoms with E-state index in [1.165, 1.54) is 7.11 Å². The van der Waals surface area contributed by atoms with Gasteiger partial charge in [0.25, 0.3) is 0 Å². The van der Waals surface area contributed by atoms with Crippen LogP contribution in [-0.4, -0.2) is 60.9 Å². The molecule has 4 aliphatic rings. The second kappa shape index (κ2) is 11.1. The summed E-state index contributed by atoms with van der Waals surface area (Å²) in [6.07, 6.45) is 3.06. The quantitative estimate of drug-likeness (QED) is 0.283. The molecule has 0 saturated heterocycles. The molecular weight excluding hydrogens is 539 g/mol. The maximum absolute atomic E-state index is 13.6. The molecule has 42 heavy (non-hydrogen) atoms. The number of carbonyl (C=O) groups excluding carboxylic acids is 3.